The van der Waals surface area contributed by atoms with Gasteiger partial charge in [0.05, 0.1) is 20.8 Å². The predicted octanol–water partition coefficient (Wildman–Crippen LogP) is 3.37. The van der Waals surface area contributed by atoms with Crippen molar-refractivity contribution in [1.29, 1.82) is 0 Å². The van der Waals surface area contributed by atoms with E-state index in [1.54, 1.807) is 18.9 Å². The number of para-hydroxylation sites is 2. The first-order chi connectivity index (χ1) is 12.8. The Morgan fingerprint density at radius 1 is 1.04 bits per heavy atom. The third-order valence-corrected chi connectivity index (χ3v) is 4.65. The summed E-state index contributed by atoms with van der Waals surface area (Å²) >= 11 is 1.51. The molecule has 0 saturated heterocycles. The van der Waals surface area contributed by atoms with Crippen molar-refractivity contribution in [3.8, 4) is 22.9 Å². The molecule has 0 spiro atoms. The molecular weight excluding hydrogens is 352 g/mol. The van der Waals surface area contributed by atoms with Crippen molar-refractivity contribution in [2.45, 2.75) is 17.8 Å². The summed E-state index contributed by atoms with van der Waals surface area (Å²) in [7, 11) is 3.29. The number of hydrogen-bond donors (Lipinski definition) is 0. The summed E-state index contributed by atoms with van der Waals surface area (Å²) in [4.78, 5) is 0. The average molecular weight is 372 g/mol. The third-order valence-electron chi connectivity index (χ3n) is 3.68. The highest BCUT2D eigenvalue weighted by molar-refractivity contribution is 7.98. The summed E-state index contributed by atoms with van der Waals surface area (Å²) in [6, 6.07) is 13.4. The fourth-order valence-electron chi connectivity index (χ4n) is 2.47. The molecule has 8 heteroatoms. The maximum Gasteiger partial charge on any atom is 0.214 e. The number of hydrogen-bond acceptors (Lipinski definition) is 7. The largest absolute Gasteiger partial charge is 0.497 e. The van der Waals surface area contributed by atoms with E-state index >= 15 is 0 Å². The monoisotopic (exact) mass is 372 g/mol. The molecule has 0 amide bonds. The van der Waals surface area contributed by atoms with Crippen LogP contribution in [0.4, 0.5) is 0 Å². The number of nitrogens with zero attached hydrogens (tertiary/aromatic N) is 4. The highest BCUT2D eigenvalue weighted by atomic mass is 32.2. The first-order valence-corrected chi connectivity index (χ1v) is 9.09. The van der Waals surface area contributed by atoms with Crippen LogP contribution in [0.2, 0.25) is 0 Å². The molecule has 0 bridgehead atoms. The average Bonchev–Trinajstić information content (AvgIpc) is 3.15. The highest BCUT2D eigenvalue weighted by Gasteiger charge is 2.14. The quantitative estimate of drug-likeness (QED) is 0.561. The minimum absolute atomic E-state index is 0.572. The van der Waals surface area contributed by atoms with Gasteiger partial charge in [0, 0.05) is 11.3 Å². The van der Waals surface area contributed by atoms with Gasteiger partial charge in [-0.25, -0.2) is 0 Å². The molecule has 0 fully saturated rings. The molecule has 0 unspecified atom stereocenters. The molecule has 7 nitrogen and oxygen atoms in total. The van der Waals surface area contributed by atoms with Gasteiger partial charge in [-0.15, -0.1) is 5.10 Å². The second kappa shape index (κ2) is 8.57. The van der Waals surface area contributed by atoms with Crippen molar-refractivity contribution in [1.82, 2.24) is 20.2 Å². The van der Waals surface area contributed by atoms with Crippen LogP contribution >= 0.6 is 11.8 Å². The van der Waals surface area contributed by atoms with Crippen molar-refractivity contribution in [2.75, 3.05) is 20.8 Å². The lowest BCUT2D eigenvalue weighted by Gasteiger charge is -2.12. The van der Waals surface area contributed by atoms with Crippen molar-refractivity contribution in [2.24, 2.45) is 0 Å². The van der Waals surface area contributed by atoms with Crippen molar-refractivity contribution in [3.05, 3.63) is 48.0 Å². The summed E-state index contributed by atoms with van der Waals surface area (Å²) in [5.74, 6) is 2.95. The normalized spacial score (nSPS) is 10.6. The van der Waals surface area contributed by atoms with Crippen LogP contribution in [-0.4, -0.2) is 41.0 Å². The van der Waals surface area contributed by atoms with E-state index in [-0.39, 0.29) is 0 Å². The first-order valence-electron chi connectivity index (χ1n) is 8.11. The van der Waals surface area contributed by atoms with Gasteiger partial charge in [0.15, 0.2) is 0 Å². The Hall–Kier alpha value is -2.74. The molecule has 2 aromatic carbocycles. The molecule has 3 aromatic rings. The van der Waals surface area contributed by atoms with Crippen LogP contribution in [0.25, 0.3) is 5.69 Å². The summed E-state index contributed by atoms with van der Waals surface area (Å²) in [6.07, 6.45) is 0. The molecule has 0 aliphatic carbocycles. The lowest BCUT2D eigenvalue weighted by molar-refractivity contribution is 0.337. The Morgan fingerprint density at radius 2 is 1.88 bits per heavy atom. The van der Waals surface area contributed by atoms with E-state index in [9.17, 15) is 0 Å². The zero-order valence-electron chi connectivity index (χ0n) is 14.9. The van der Waals surface area contributed by atoms with E-state index in [4.69, 9.17) is 14.2 Å². The molecule has 1 heterocycles. The predicted molar refractivity (Wildman–Crippen MR) is 99.4 cm³/mol. The first kappa shape index (κ1) is 18.1. The van der Waals surface area contributed by atoms with E-state index in [0.29, 0.717) is 17.5 Å². The van der Waals surface area contributed by atoms with Crippen LogP contribution in [0.15, 0.2) is 47.6 Å². The Labute approximate surface area is 156 Å². The van der Waals surface area contributed by atoms with Crippen molar-refractivity contribution >= 4 is 11.8 Å². The molecule has 0 aliphatic heterocycles. The lowest BCUT2D eigenvalue weighted by Crippen LogP contribution is -2.03. The van der Waals surface area contributed by atoms with Gasteiger partial charge >= 0.3 is 0 Å². The summed E-state index contributed by atoms with van der Waals surface area (Å²) < 4.78 is 18.1. The Bertz CT molecular complexity index is 869. The number of methoxy groups -OCH3 is 2. The molecular formula is C18H20N4O3S. The van der Waals surface area contributed by atoms with Crippen LogP contribution in [0.3, 0.4) is 0 Å². The van der Waals surface area contributed by atoms with Crippen molar-refractivity contribution in [3.63, 3.8) is 0 Å². The summed E-state index contributed by atoms with van der Waals surface area (Å²) in [5, 5.41) is 12.7. The second-order valence-electron chi connectivity index (χ2n) is 5.24. The molecule has 1 aromatic heterocycles. The maximum absolute atomic E-state index is 5.68. The summed E-state index contributed by atoms with van der Waals surface area (Å²) in [6.45, 7) is 2.52. The highest BCUT2D eigenvalue weighted by Crippen LogP contribution is 2.32. The van der Waals surface area contributed by atoms with Crippen molar-refractivity contribution < 1.29 is 14.2 Å². The van der Waals surface area contributed by atoms with Crippen LogP contribution < -0.4 is 14.2 Å². The fraction of sp³-hybridized carbons (Fsp3) is 0.278. The third kappa shape index (κ3) is 3.91. The zero-order valence-corrected chi connectivity index (χ0v) is 15.7. The van der Waals surface area contributed by atoms with E-state index in [0.717, 1.165) is 28.5 Å². The van der Waals surface area contributed by atoms with Gasteiger partial charge < -0.3 is 14.2 Å². The van der Waals surface area contributed by atoms with Gasteiger partial charge in [-0.2, -0.15) is 4.68 Å². The summed E-state index contributed by atoms with van der Waals surface area (Å²) in [5.41, 5.74) is 1.81. The molecule has 0 atom stereocenters. The van der Waals surface area contributed by atoms with Crippen LogP contribution in [0.5, 0.6) is 17.2 Å². The maximum atomic E-state index is 5.68. The van der Waals surface area contributed by atoms with Gasteiger partial charge in [-0.3, -0.25) is 0 Å². The standard InChI is InChI=1S/C18H20N4O3S/c1-4-25-17-8-6-5-7-15(17)22-18(19-20-21-22)26-12-13-11-14(23-2)9-10-16(13)24-3/h5-11H,4,12H2,1-3H3. The van der Waals surface area contributed by atoms with Crippen LogP contribution in [-0.2, 0) is 5.75 Å². The molecule has 26 heavy (non-hydrogen) atoms. The zero-order chi connectivity index (χ0) is 18.4. The molecule has 0 N–H and O–H groups in total. The molecule has 0 aliphatic rings. The molecule has 136 valence electrons. The number of aromatic nitrogens is 4. The topological polar surface area (TPSA) is 71.3 Å². The molecule has 0 radical (unpaired) electrons. The van der Waals surface area contributed by atoms with Gasteiger partial charge in [0.2, 0.25) is 5.16 Å². The second-order valence-corrected chi connectivity index (χ2v) is 6.18. The van der Waals surface area contributed by atoms with Crippen LogP contribution in [0.1, 0.15) is 12.5 Å². The van der Waals surface area contributed by atoms with E-state index in [1.807, 2.05) is 49.4 Å². The van der Waals surface area contributed by atoms with Crippen LogP contribution in [0, 0.1) is 0 Å². The minimum atomic E-state index is 0.572. The SMILES string of the molecule is CCOc1ccccc1-n1nnnc1SCc1cc(OC)ccc1OC. The number of benzene rings is 2. The number of tetrazole rings is 1. The number of thioether (sulfide) groups is 1. The molecule has 0 saturated carbocycles. The smallest absolute Gasteiger partial charge is 0.214 e. The van der Waals surface area contributed by atoms with Gasteiger partial charge in [-0.05, 0) is 47.7 Å². The van der Waals surface area contributed by atoms with E-state index in [2.05, 4.69) is 15.5 Å². The van der Waals surface area contributed by atoms with E-state index < -0.39 is 0 Å². The Kier molecular flexibility index (Phi) is 5.96. The number of rotatable bonds is 8. The minimum Gasteiger partial charge on any atom is -0.497 e. The Balaban J connectivity index is 1.85. The number of ether oxygens (including phenoxy) is 3. The van der Waals surface area contributed by atoms with E-state index in [1.165, 1.54) is 11.8 Å². The Morgan fingerprint density at radius 3 is 2.65 bits per heavy atom. The van der Waals surface area contributed by atoms with Gasteiger partial charge in [0.25, 0.3) is 0 Å². The lowest BCUT2D eigenvalue weighted by atomic mass is 10.2. The van der Waals surface area contributed by atoms with Gasteiger partial charge in [-0.1, -0.05) is 23.9 Å². The van der Waals surface area contributed by atoms with Gasteiger partial charge in [0.1, 0.15) is 22.9 Å². The molecule has 3 rings (SSSR count). The fourth-order valence-corrected chi connectivity index (χ4v) is 3.33.